The van der Waals surface area contributed by atoms with Crippen molar-refractivity contribution in [2.45, 2.75) is 27.2 Å². The Labute approximate surface area is 67.0 Å². The van der Waals surface area contributed by atoms with E-state index in [-0.39, 0.29) is 0 Å². The molecule has 0 unspecified atom stereocenters. The SMILES string of the molecule is CC1=C[C@H](C)CC(C)=C1N=O. The highest BCUT2D eigenvalue weighted by Crippen LogP contribution is 2.28. The molecule has 1 atom stereocenters. The first-order chi connectivity index (χ1) is 5.15. The Morgan fingerprint density at radius 2 is 2.18 bits per heavy atom. The number of rotatable bonds is 1. The molecule has 0 aliphatic heterocycles. The van der Waals surface area contributed by atoms with E-state index >= 15 is 0 Å². The second-order valence-corrected chi connectivity index (χ2v) is 3.25. The van der Waals surface area contributed by atoms with Crippen molar-refractivity contribution in [2.24, 2.45) is 11.1 Å². The van der Waals surface area contributed by atoms with E-state index in [4.69, 9.17) is 0 Å². The van der Waals surface area contributed by atoms with E-state index in [0.29, 0.717) is 11.6 Å². The summed E-state index contributed by atoms with van der Waals surface area (Å²) in [6.45, 7) is 6.06. The Balaban J connectivity index is 2.99. The van der Waals surface area contributed by atoms with Crippen LogP contribution in [0.2, 0.25) is 0 Å². The van der Waals surface area contributed by atoms with Crippen LogP contribution in [0.5, 0.6) is 0 Å². The van der Waals surface area contributed by atoms with Crippen LogP contribution in [0.25, 0.3) is 0 Å². The third-order valence-electron chi connectivity index (χ3n) is 2.03. The van der Waals surface area contributed by atoms with E-state index in [2.05, 4.69) is 18.2 Å². The Bertz CT molecular complexity index is 238. The zero-order chi connectivity index (χ0) is 8.43. The molecule has 2 nitrogen and oxygen atoms in total. The van der Waals surface area contributed by atoms with Crippen molar-refractivity contribution in [3.05, 3.63) is 27.8 Å². The zero-order valence-corrected chi connectivity index (χ0v) is 7.22. The molecule has 0 aromatic heterocycles. The van der Waals surface area contributed by atoms with Crippen LogP contribution in [0.3, 0.4) is 0 Å². The maximum atomic E-state index is 10.3. The van der Waals surface area contributed by atoms with Crippen LogP contribution in [0.1, 0.15) is 27.2 Å². The molecule has 0 fully saturated rings. The molecule has 60 valence electrons. The topological polar surface area (TPSA) is 29.4 Å². The van der Waals surface area contributed by atoms with Crippen molar-refractivity contribution in [3.63, 3.8) is 0 Å². The Kier molecular flexibility index (Phi) is 2.22. The van der Waals surface area contributed by atoms with E-state index in [0.717, 1.165) is 17.6 Å². The fourth-order valence-corrected chi connectivity index (χ4v) is 1.63. The maximum absolute atomic E-state index is 10.3. The average Bonchev–Trinajstić information content (AvgIpc) is 1.85. The molecule has 0 N–H and O–H groups in total. The largest absolute Gasteiger partial charge is 0.145 e. The lowest BCUT2D eigenvalue weighted by molar-refractivity contribution is 0.689. The molecule has 1 rings (SSSR count). The molecule has 0 saturated heterocycles. The van der Waals surface area contributed by atoms with Gasteiger partial charge in [-0.2, -0.15) is 0 Å². The van der Waals surface area contributed by atoms with Crippen molar-refractivity contribution >= 4 is 0 Å². The summed E-state index contributed by atoms with van der Waals surface area (Å²) in [6, 6.07) is 0. The van der Waals surface area contributed by atoms with Crippen molar-refractivity contribution in [2.75, 3.05) is 0 Å². The first-order valence-electron chi connectivity index (χ1n) is 3.87. The van der Waals surface area contributed by atoms with Crippen LogP contribution in [-0.4, -0.2) is 0 Å². The summed E-state index contributed by atoms with van der Waals surface area (Å²) in [4.78, 5) is 10.3. The smallest absolute Gasteiger partial charge is 0.109 e. The zero-order valence-electron chi connectivity index (χ0n) is 7.22. The third-order valence-corrected chi connectivity index (χ3v) is 2.03. The summed E-state index contributed by atoms with van der Waals surface area (Å²) in [6.07, 6.45) is 3.07. The van der Waals surface area contributed by atoms with Crippen LogP contribution < -0.4 is 0 Å². The van der Waals surface area contributed by atoms with Crippen molar-refractivity contribution in [1.29, 1.82) is 0 Å². The van der Waals surface area contributed by atoms with Crippen LogP contribution in [-0.2, 0) is 0 Å². The van der Waals surface area contributed by atoms with Gasteiger partial charge >= 0.3 is 0 Å². The van der Waals surface area contributed by atoms with Gasteiger partial charge in [-0.15, -0.1) is 4.91 Å². The Morgan fingerprint density at radius 3 is 2.64 bits per heavy atom. The summed E-state index contributed by atoms with van der Waals surface area (Å²) in [7, 11) is 0. The van der Waals surface area contributed by atoms with Gasteiger partial charge in [0, 0.05) is 0 Å². The molecule has 0 aromatic rings. The minimum atomic E-state index is 0.556. The molecule has 0 bridgehead atoms. The molecule has 0 heterocycles. The van der Waals surface area contributed by atoms with Gasteiger partial charge in [0.2, 0.25) is 0 Å². The van der Waals surface area contributed by atoms with E-state index in [9.17, 15) is 4.91 Å². The van der Waals surface area contributed by atoms with Gasteiger partial charge in [0.15, 0.2) is 0 Å². The maximum Gasteiger partial charge on any atom is 0.109 e. The van der Waals surface area contributed by atoms with E-state index in [1.807, 2.05) is 13.8 Å². The number of hydrogen-bond donors (Lipinski definition) is 0. The van der Waals surface area contributed by atoms with Gasteiger partial charge in [-0.05, 0) is 42.5 Å². The molecule has 1 aliphatic carbocycles. The van der Waals surface area contributed by atoms with E-state index in [1.54, 1.807) is 0 Å². The van der Waals surface area contributed by atoms with Gasteiger partial charge in [-0.1, -0.05) is 13.0 Å². The summed E-state index contributed by atoms with van der Waals surface area (Å²) < 4.78 is 0. The molecule has 0 saturated carbocycles. The van der Waals surface area contributed by atoms with Crippen molar-refractivity contribution in [1.82, 2.24) is 0 Å². The normalized spacial score (nSPS) is 25.0. The van der Waals surface area contributed by atoms with Crippen LogP contribution in [0.4, 0.5) is 0 Å². The predicted octanol–water partition coefficient (Wildman–Crippen LogP) is 3.01. The standard InChI is InChI=1S/C9H13NO/c1-6-4-7(2)9(10-11)8(3)5-6/h4,6H,5H2,1-3H3/t6-/m0/s1. The Hall–Kier alpha value is -0.920. The molecule has 0 aromatic carbocycles. The fourth-order valence-electron chi connectivity index (χ4n) is 1.63. The molecule has 0 spiro atoms. The first kappa shape index (κ1) is 8.18. The number of hydrogen-bond acceptors (Lipinski definition) is 2. The third kappa shape index (κ3) is 1.56. The average molecular weight is 151 g/mol. The minimum absolute atomic E-state index is 0.556. The number of allylic oxidation sites excluding steroid dienone is 3. The summed E-state index contributed by atoms with van der Waals surface area (Å²) in [5.41, 5.74) is 2.80. The van der Waals surface area contributed by atoms with Gasteiger partial charge in [-0.25, -0.2) is 0 Å². The predicted molar refractivity (Wildman–Crippen MR) is 46.0 cm³/mol. The van der Waals surface area contributed by atoms with Gasteiger partial charge in [0.05, 0.1) is 0 Å². The van der Waals surface area contributed by atoms with Crippen LogP contribution >= 0.6 is 0 Å². The van der Waals surface area contributed by atoms with Crippen LogP contribution in [0.15, 0.2) is 28.1 Å². The summed E-state index contributed by atoms with van der Waals surface area (Å²) >= 11 is 0. The highest BCUT2D eigenvalue weighted by molar-refractivity contribution is 5.36. The molecular formula is C9H13NO. The molecule has 0 amide bonds. The second kappa shape index (κ2) is 2.99. The molecule has 1 aliphatic rings. The van der Waals surface area contributed by atoms with E-state index in [1.165, 1.54) is 0 Å². The van der Waals surface area contributed by atoms with Gasteiger partial charge < -0.3 is 0 Å². The fraction of sp³-hybridized carbons (Fsp3) is 0.556. The Morgan fingerprint density at radius 1 is 1.55 bits per heavy atom. The van der Waals surface area contributed by atoms with Crippen LogP contribution in [0, 0.1) is 10.8 Å². The quantitative estimate of drug-likeness (QED) is 0.529. The second-order valence-electron chi connectivity index (χ2n) is 3.25. The molecule has 11 heavy (non-hydrogen) atoms. The van der Waals surface area contributed by atoms with Crippen molar-refractivity contribution < 1.29 is 0 Å². The molecule has 2 heteroatoms. The van der Waals surface area contributed by atoms with Gasteiger partial charge in [-0.3, -0.25) is 0 Å². The summed E-state index contributed by atoms with van der Waals surface area (Å²) in [5.74, 6) is 0.556. The number of nitrogens with zero attached hydrogens (tertiary/aromatic N) is 1. The monoisotopic (exact) mass is 151 g/mol. The van der Waals surface area contributed by atoms with Gasteiger partial charge in [0.1, 0.15) is 5.70 Å². The summed E-state index contributed by atoms with van der Waals surface area (Å²) in [5, 5.41) is 3.01. The molecular weight excluding hydrogens is 138 g/mol. The lowest BCUT2D eigenvalue weighted by atomic mass is 9.91. The lowest BCUT2D eigenvalue weighted by Gasteiger charge is -2.16. The minimum Gasteiger partial charge on any atom is -0.145 e. The number of nitroso groups, excluding NO2 is 1. The first-order valence-corrected chi connectivity index (χ1v) is 3.87. The van der Waals surface area contributed by atoms with Gasteiger partial charge in [0.25, 0.3) is 0 Å². The highest BCUT2D eigenvalue weighted by atomic mass is 16.3. The lowest BCUT2D eigenvalue weighted by Crippen LogP contribution is -2.02. The highest BCUT2D eigenvalue weighted by Gasteiger charge is 2.14. The van der Waals surface area contributed by atoms with Crippen molar-refractivity contribution in [3.8, 4) is 0 Å². The molecule has 0 radical (unpaired) electrons. The van der Waals surface area contributed by atoms with E-state index < -0.39 is 0 Å².